The van der Waals surface area contributed by atoms with Gasteiger partial charge in [0, 0.05) is 38.2 Å². The topological polar surface area (TPSA) is 54.9 Å². The average Bonchev–Trinajstić information content (AvgIpc) is 3.07. The zero-order valence-corrected chi connectivity index (χ0v) is 17.9. The van der Waals surface area contributed by atoms with Crippen LogP contribution < -0.4 is 9.64 Å². The van der Waals surface area contributed by atoms with Crippen molar-refractivity contribution in [2.24, 2.45) is 5.92 Å². The molecule has 2 heterocycles. The molecule has 1 saturated heterocycles. The van der Waals surface area contributed by atoms with Gasteiger partial charge in [0.15, 0.2) is 5.13 Å². The summed E-state index contributed by atoms with van der Waals surface area (Å²) in [6.45, 7) is 5.31. The number of carbonyl (C=O) groups excluding carboxylic acids is 1. The molecule has 0 N–H and O–H groups in total. The van der Waals surface area contributed by atoms with Crippen molar-refractivity contribution >= 4 is 45.0 Å². The van der Waals surface area contributed by atoms with Crippen molar-refractivity contribution < 1.29 is 14.3 Å². The predicted molar refractivity (Wildman–Crippen MR) is 115 cm³/mol. The second-order valence-corrected chi connectivity index (χ2v) is 8.26. The van der Waals surface area contributed by atoms with Gasteiger partial charge in [0.05, 0.1) is 30.5 Å². The largest absolute Gasteiger partial charge is 0.497 e. The summed E-state index contributed by atoms with van der Waals surface area (Å²) in [6, 6.07) is 5.91. The van der Waals surface area contributed by atoms with E-state index in [1.54, 1.807) is 18.4 Å². The van der Waals surface area contributed by atoms with Crippen LogP contribution in [0, 0.1) is 5.92 Å². The summed E-state index contributed by atoms with van der Waals surface area (Å²) >= 11 is 1.60. The molecule has 28 heavy (non-hydrogen) atoms. The molecule has 1 aromatic heterocycles. The number of thiazole rings is 1. The Morgan fingerprint density at radius 1 is 1.36 bits per heavy atom. The molecular weight excluding hydrogens is 398 g/mol. The number of fused-ring (bicyclic) bond motifs is 1. The Labute approximate surface area is 176 Å². The van der Waals surface area contributed by atoms with Crippen LogP contribution in [0.25, 0.3) is 10.2 Å². The number of benzene rings is 1. The molecule has 2 aromatic rings. The van der Waals surface area contributed by atoms with Gasteiger partial charge >= 0.3 is 0 Å². The Balaban J connectivity index is 0.00000225. The van der Waals surface area contributed by atoms with Gasteiger partial charge in [-0.15, -0.1) is 12.4 Å². The Kier molecular flexibility index (Phi) is 7.51. The van der Waals surface area contributed by atoms with Gasteiger partial charge in [-0.25, -0.2) is 4.98 Å². The number of hydrogen-bond acceptors (Lipinski definition) is 6. The van der Waals surface area contributed by atoms with E-state index in [0.29, 0.717) is 0 Å². The predicted octanol–water partition coefficient (Wildman–Crippen LogP) is 3.58. The third-order valence-corrected chi connectivity index (χ3v) is 6.55. The van der Waals surface area contributed by atoms with Crippen LogP contribution in [0.2, 0.25) is 0 Å². The number of rotatable bonds is 7. The summed E-state index contributed by atoms with van der Waals surface area (Å²) in [5, 5.41) is 0.817. The number of nitrogens with zero attached hydrogens (tertiary/aromatic N) is 3. The Morgan fingerprint density at radius 2 is 2.14 bits per heavy atom. The average molecular weight is 426 g/mol. The van der Waals surface area contributed by atoms with Crippen LogP contribution in [0.5, 0.6) is 5.75 Å². The van der Waals surface area contributed by atoms with Crippen LogP contribution in [0.15, 0.2) is 18.2 Å². The second kappa shape index (κ2) is 9.87. The molecule has 1 saturated carbocycles. The molecule has 4 rings (SSSR count). The number of carbonyl (C=O) groups is 1. The highest BCUT2D eigenvalue weighted by Crippen LogP contribution is 2.35. The first-order valence-electron chi connectivity index (χ1n) is 9.80. The number of ether oxygens (including phenoxy) is 2. The lowest BCUT2D eigenvalue weighted by Crippen LogP contribution is -2.42. The van der Waals surface area contributed by atoms with Gasteiger partial charge < -0.3 is 9.47 Å². The van der Waals surface area contributed by atoms with Crippen molar-refractivity contribution in [3.8, 4) is 5.75 Å². The van der Waals surface area contributed by atoms with E-state index in [1.165, 1.54) is 0 Å². The molecule has 1 aromatic carbocycles. The second-order valence-electron chi connectivity index (χ2n) is 7.26. The van der Waals surface area contributed by atoms with Gasteiger partial charge in [0.2, 0.25) is 5.91 Å². The third kappa shape index (κ3) is 4.76. The van der Waals surface area contributed by atoms with E-state index < -0.39 is 0 Å². The first-order valence-corrected chi connectivity index (χ1v) is 10.6. The van der Waals surface area contributed by atoms with E-state index in [4.69, 9.17) is 14.5 Å². The molecule has 0 atom stereocenters. The summed E-state index contributed by atoms with van der Waals surface area (Å²) in [7, 11) is 1.66. The Bertz CT molecular complexity index is 790. The molecule has 6 nitrogen and oxygen atoms in total. The van der Waals surface area contributed by atoms with Crippen molar-refractivity contribution in [1.29, 1.82) is 0 Å². The van der Waals surface area contributed by atoms with Crippen molar-refractivity contribution in [3.05, 3.63) is 18.2 Å². The van der Waals surface area contributed by atoms with E-state index in [0.717, 1.165) is 86.2 Å². The molecular formula is C20H28ClN3O3S. The van der Waals surface area contributed by atoms with Crippen molar-refractivity contribution in [2.45, 2.75) is 25.7 Å². The summed E-state index contributed by atoms with van der Waals surface area (Å²) in [4.78, 5) is 22.1. The lowest BCUT2D eigenvalue weighted by molar-refractivity contribution is -0.124. The molecule has 1 aliphatic carbocycles. The van der Waals surface area contributed by atoms with Crippen LogP contribution in [0.3, 0.4) is 0 Å². The van der Waals surface area contributed by atoms with Crippen LogP contribution in [-0.2, 0) is 9.53 Å². The standard InChI is InChI=1S/C20H27N3O3S.ClH/c1-25-16-6-7-18-17(14-16)21-20(27-18)23(19(24)15-4-2-5-15)9-3-8-22-10-12-26-13-11-22;/h6-7,14-15H,2-5,8-13H2,1H3;1H. The Hall–Kier alpha value is -1.41. The Morgan fingerprint density at radius 3 is 2.82 bits per heavy atom. The minimum atomic E-state index is 0. The molecule has 154 valence electrons. The van der Waals surface area contributed by atoms with Gasteiger partial charge in [-0.2, -0.15) is 0 Å². The molecule has 0 unspecified atom stereocenters. The zero-order chi connectivity index (χ0) is 18.6. The van der Waals surface area contributed by atoms with Gasteiger partial charge in [-0.3, -0.25) is 14.6 Å². The van der Waals surface area contributed by atoms with Crippen LogP contribution in [-0.4, -0.2) is 62.3 Å². The smallest absolute Gasteiger partial charge is 0.231 e. The van der Waals surface area contributed by atoms with Crippen molar-refractivity contribution in [2.75, 3.05) is 51.4 Å². The maximum absolute atomic E-state index is 13.0. The van der Waals surface area contributed by atoms with E-state index in [1.807, 2.05) is 23.1 Å². The fourth-order valence-electron chi connectivity index (χ4n) is 3.59. The maximum atomic E-state index is 13.0. The monoisotopic (exact) mass is 425 g/mol. The number of anilines is 1. The number of hydrogen-bond donors (Lipinski definition) is 0. The third-order valence-electron chi connectivity index (χ3n) is 5.49. The van der Waals surface area contributed by atoms with Gasteiger partial charge in [0.25, 0.3) is 0 Å². The SMILES string of the molecule is COc1ccc2sc(N(CCCN3CCOCC3)C(=O)C3CCC3)nc2c1.Cl. The van der Waals surface area contributed by atoms with E-state index in [-0.39, 0.29) is 24.2 Å². The van der Waals surface area contributed by atoms with Gasteiger partial charge in [-0.1, -0.05) is 17.8 Å². The quantitative estimate of drug-likeness (QED) is 0.678. The first kappa shape index (κ1) is 21.3. The van der Waals surface area contributed by atoms with Crippen LogP contribution >= 0.6 is 23.7 Å². The normalized spacial score (nSPS) is 17.8. The first-order chi connectivity index (χ1) is 13.2. The zero-order valence-electron chi connectivity index (χ0n) is 16.3. The number of aromatic nitrogens is 1. The van der Waals surface area contributed by atoms with Crippen LogP contribution in [0.1, 0.15) is 25.7 Å². The lowest BCUT2D eigenvalue weighted by Gasteiger charge is -2.31. The highest BCUT2D eigenvalue weighted by atomic mass is 35.5. The summed E-state index contributed by atoms with van der Waals surface area (Å²) in [5.41, 5.74) is 0.897. The molecule has 1 aliphatic heterocycles. The number of amides is 1. The summed E-state index contributed by atoms with van der Waals surface area (Å²) in [5.74, 6) is 1.22. The fraction of sp³-hybridized carbons (Fsp3) is 0.600. The fourth-order valence-corrected chi connectivity index (χ4v) is 4.57. The molecule has 8 heteroatoms. The van der Waals surface area contributed by atoms with E-state index in [9.17, 15) is 4.79 Å². The van der Waals surface area contributed by atoms with E-state index >= 15 is 0 Å². The molecule has 1 amide bonds. The van der Waals surface area contributed by atoms with Crippen molar-refractivity contribution in [1.82, 2.24) is 9.88 Å². The summed E-state index contributed by atoms with van der Waals surface area (Å²) in [6.07, 6.45) is 4.14. The number of methoxy groups -OCH3 is 1. The van der Waals surface area contributed by atoms with Gasteiger partial charge in [-0.05, 0) is 31.4 Å². The number of halogens is 1. The van der Waals surface area contributed by atoms with Crippen LogP contribution in [0.4, 0.5) is 5.13 Å². The molecule has 0 radical (unpaired) electrons. The molecule has 0 spiro atoms. The summed E-state index contributed by atoms with van der Waals surface area (Å²) < 4.78 is 11.8. The maximum Gasteiger partial charge on any atom is 0.231 e. The molecule has 2 aliphatic rings. The minimum absolute atomic E-state index is 0. The number of morpholine rings is 1. The molecule has 0 bridgehead atoms. The van der Waals surface area contributed by atoms with E-state index in [2.05, 4.69) is 4.90 Å². The highest BCUT2D eigenvalue weighted by molar-refractivity contribution is 7.22. The van der Waals surface area contributed by atoms with Gasteiger partial charge in [0.1, 0.15) is 5.75 Å². The highest BCUT2D eigenvalue weighted by Gasteiger charge is 2.31. The van der Waals surface area contributed by atoms with Crippen molar-refractivity contribution in [3.63, 3.8) is 0 Å². The molecule has 2 fully saturated rings. The minimum Gasteiger partial charge on any atom is -0.497 e. The lowest BCUT2D eigenvalue weighted by atomic mass is 9.84.